The van der Waals surface area contributed by atoms with E-state index >= 15 is 0 Å². The van der Waals surface area contributed by atoms with Gasteiger partial charge in [0.15, 0.2) is 30.2 Å². The van der Waals surface area contributed by atoms with Gasteiger partial charge >= 0.3 is 0 Å². The molecule has 2 aliphatic rings. The maximum Gasteiger partial charge on any atom is 0.190 e. The molecule has 0 saturated carbocycles. The monoisotopic (exact) mass is 475 g/mol. The first-order valence-corrected chi connectivity index (χ1v) is 9.62. The van der Waals surface area contributed by atoms with Crippen LogP contribution in [0.2, 0.25) is 5.02 Å². The highest BCUT2D eigenvalue weighted by Crippen LogP contribution is 2.35. The van der Waals surface area contributed by atoms with Crippen molar-refractivity contribution in [1.82, 2.24) is 9.97 Å². The molecule has 0 aliphatic carbocycles. The summed E-state index contributed by atoms with van der Waals surface area (Å²) in [7, 11) is 1.52. The highest BCUT2D eigenvalue weighted by molar-refractivity contribution is 6.30. The molecule has 2 aromatic carbocycles. The molecule has 0 saturated heterocycles. The van der Waals surface area contributed by atoms with Gasteiger partial charge in [0, 0.05) is 22.7 Å². The number of nitrogens with zero attached hydrogens (tertiary/aromatic N) is 4. The number of hydrogen-bond acceptors (Lipinski definition) is 8. The van der Waals surface area contributed by atoms with Crippen LogP contribution < -0.4 is 14.8 Å². The Balaban J connectivity index is 0.00000245. The fourth-order valence-corrected chi connectivity index (χ4v) is 3.37. The van der Waals surface area contributed by atoms with Crippen molar-refractivity contribution in [3.8, 4) is 11.5 Å². The van der Waals surface area contributed by atoms with Gasteiger partial charge in [-0.3, -0.25) is 0 Å². The van der Waals surface area contributed by atoms with Crippen molar-refractivity contribution in [2.45, 2.75) is 6.10 Å². The van der Waals surface area contributed by atoms with Gasteiger partial charge < -0.3 is 19.5 Å². The second kappa shape index (κ2) is 9.07. The molecule has 32 heavy (non-hydrogen) atoms. The molecule has 1 atom stereocenters. The average Bonchev–Trinajstić information content (AvgIpc) is 2.78. The molecule has 1 aromatic heterocycles. The number of allylic oxidation sites excluding steroid dienone is 1. The minimum atomic E-state index is -0.492. The van der Waals surface area contributed by atoms with Crippen LogP contribution >= 0.6 is 24.0 Å². The Bertz CT molecular complexity index is 1270. The first-order chi connectivity index (χ1) is 15.1. The molecule has 0 spiro atoms. The second-order valence-electron chi connectivity index (χ2n) is 6.64. The highest BCUT2D eigenvalue weighted by Gasteiger charge is 2.32. The molecular weight excluding hydrogens is 460 g/mol. The van der Waals surface area contributed by atoms with Gasteiger partial charge in [-0.15, -0.1) is 12.4 Å². The van der Waals surface area contributed by atoms with Crippen molar-refractivity contribution >= 4 is 58.5 Å². The third-order valence-electron chi connectivity index (χ3n) is 4.75. The van der Waals surface area contributed by atoms with Gasteiger partial charge in [-0.25, -0.2) is 24.3 Å². The lowest BCUT2D eigenvalue weighted by Crippen LogP contribution is -2.36. The first-order valence-electron chi connectivity index (χ1n) is 9.24. The maximum atomic E-state index is 14.2. The Hall–Kier alpha value is -3.27. The largest absolute Gasteiger partial charge is 0.493 e. The number of hydrogen-bond donors (Lipinski definition) is 1. The molecule has 5 rings (SSSR count). The number of rotatable bonds is 7. The van der Waals surface area contributed by atoms with Gasteiger partial charge in [-0.2, -0.15) is 0 Å². The van der Waals surface area contributed by atoms with Crippen LogP contribution in [0.25, 0.3) is 10.9 Å². The number of aliphatic imine (C=N–C) groups is 2. The first kappa shape index (κ1) is 21.9. The van der Waals surface area contributed by atoms with Gasteiger partial charge in [0.2, 0.25) is 0 Å². The lowest BCUT2D eigenvalue weighted by Gasteiger charge is -2.27. The van der Waals surface area contributed by atoms with Crippen LogP contribution in [0.1, 0.15) is 0 Å². The number of nitrogens with one attached hydrogen (secondary N) is 1. The number of halogens is 3. The summed E-state index contributed by atoms with van der Waals surface area (Å²) < 4.78 is 31.1. The summed E-state index contributed by atoms with van der Waals surface area (Å²) in [5, 5.41) is 3.91. The van der Waals surface area contributed by atoms with Crippen molar-refractivity contribution in [3.05, 3.63) is 59.3 Å². The van der Waals surface area contributed by atoms with E-state index in [0.29, 0.717) is 39.1 Å². The molecule has 3 heterocycles. The molecule has 3 aromatic rings. The predicted octanol–water partition coefficient (Wildman–Crippen LogP) is 4.70. The van der Waals surface area contributed by atoms with Crippen LogP contribution in [0.15, 0.2) is 58.4 Å². The molecule has 2 bridgehead atoms. The zero-order valence-electron chi connectivity index (χ0n) is 16.6. The van der Waals surface area contributed by atoms with Gasteiger partial charge in [0.05, 0.1) is 24.0 Å². The lowest BCUT2D eigenvalue weighted by atomic mass is 10.1. The molecule has 2 aliphatic heterocycles. The van der Waals surface area contributed by atoms with E-state index in [9.17, 15) is 4.39 Å². The Morgan fingerprint density at radius 2 is 2.03 bits per heavy atom. The fourth-order valence-electron chi connectivity index (χ4n) is 3.21. The molecule has 8 nitrogen and oxygen atoms in total. The number of dihydropyridines is 1. The molecule has 164 valence electrons. The topological polar surface area (TPSA) is 90.2 Å². The van der Waals surface area contributed by atoms with E-state index in [1.807, 2.05) is 0 Å². The van der Waals surface area contributed by atoms with Crippen molar-refractivity contribution in [2.24, 2.45) is 9.98 Å². The molecule has 0 radical (unpaired) electrons. The Kier molecular flexibility index (Phi) is 6.22. The Labute approximate surface area is 193 Å². The van der Waals surface area contributed by atoms with Crippen LogP contribution in [0.5, 0.6) is 11.5 Å². The lowest BCUT2D eigenvalue weighted by molar-refractivity contribution is -0.00130. The quantitative estimate of drug-likeness (QED) is 0.498. The molecule has 1 N–H and O–H groups in total. The minimum Gasteiger partial charge on any atom is -0.493 e. The van der Waals surface area contributed by atoms with Crippen LogP contribution in [0.4, 0.5) is 15.9 Å². The summed E-state index contributed by atoms with van der Waals surface area (Å²) in [5.41, 5.74) is 1.64. The molecule has 0 amide bonds. The van der Waals surface area contributed by atoms with Crippen LogP contribution in [0.3, 0.4) is 0 Å². The molecule has 0 fully saturated rings. The third-order valence-corrected chi connectivity index (χ3v) is 4.99. The van der Waals surface area contributed by atoms with Gasteiger partial charge in [-0.1, -0.05) is 11.6 Å². The number of benzene rings is 2. The van der Waals surface area contributed by atoms with E-state index < -0.39 is 5.82 Å². The maximum absolute atomic E-state index is 14.2. The summed E-state index contributed by atoms with van der Waals surface area (Å²) >= 11 is 5.82. The van der Waals surface area contributed by atoms with E-state index in [-0.39, 0.29) is 31.0 Å². The smallest absolute Gasteiger partial charge is 0.190 e. The highest BCUT2D eigenvalue weighted by atomic mass is 35.5. The van der Waals surface area contributed by atoms with Gasteiger partial charge in [0.1, 0.15) is 18.0 Å². The van der Waals surface area contributed by atoms with E-state index in [1.54, 1.807) is 30.5 Å². The summed E-state index contributed by atoms with van der Waals surface area (Å²) in [4.78, 5) is 16.8. The van der Waals surface area contributed by atoms with Crippen molar-refractivity contribution in [1.29, 1.82) is 0 Å². The van der Waals surface area contributed by atoms with E-state index in [1.165, 1.54) is 25.6 Å². The fraction of sp³-hybridized carbons (Fsp3) is 0.143. The number of ether oxygens (including phenoxy) is 3. The summed E-state index contributed by atoms with van der Waals surface area (Å²) in [6.45, 7) is -0.0232. The molecule has 1 unspecified atom stereocenters. The number of amidine groups is 1. The summed E-state index contributed by atoms with van der Waals surface area (Å²) in [6.07, 6.45) is 4.59. The van der Waals surface area contributed by atoms with E-state index in [4.69, 9.17) is 25.8 Å². The second-order valence-corrected chi connectivity index (χ2v) is 7.08. The van der Waals surface area contributed by atoms with E-state index in [2.05, 4.69) is 25.3 Å². The Morgan fingerprint density at radius 3 is 2.75 bits per heavy atom. The van der Waals surface area contributed by atoms with Gasteiger partial charge in [-0.05, 0) is 30.3 Å². The standard InChI is InChI=1S/C21H15ClFN5O3.ClH/c1-29-17-7-12-16(8-18(17)30-10-31-19-15-4-5-24-21(19)28-15)25-9-26-20(12)27-14-3-2-11(22)6-13(14)23;/h2-9,19H,10H2,1H3,(H,25,26,27);1H. The molecule has 11 heteroatoms. The predicted molar refractivity (Wildman–Crippen MR) is 122 cm³/mol. The minimum absolute atomic E-state index is 0. The van der Waals surface area contributed by atoms with Crippen LogP contribution in [-0.2, 0) is 4.74 Å². The van der Waals surface area contributed by atoms with Crippen LogP contribution in [-0.4, -0.2) is 42.0 Å². The molecular formula is C21H16Cl2FN5O3. The number of methoxy groups -OCH3 is 1. The van der Waals surface area contributed by atoms with Crippen molar-refractivity contribution in [3.63, 3.8) is 0 Å². The van der Waals surface area contributed by atoms with Crippen LogP contribution in [0, 0.1) is 5.82 Å². The summed E-state index contributed by atoms with van der Waals surface area (Å²) in [6, 6.07) is 7.78. The Morgan fingerprint density at radius 1 is 1.16 bits per heavy atom. The number of fused-ring (bicyclic) bond motifs is 3. The number of anilines is 2. The zero-order valence-corrected chi connectivity index (χ0v) is 18.2. The SMILES string of the molecule is COc1cc2c(Nc3ccc(Cl)cc3F)ncnc2cc1OCOC1c2ccnc1n2.Cl. The van der Waals surface area contributed by atoms with Gasteiger partial charge in [0.25, 0.3) is 0 Å². The average molecular weight is 476 g/mol. The van der Waals surface area contributed by atoms with Crippen molar-refractivity contribution in [2.75, 3.05) is 19.2 Å². The van der Waals surface area contributed by atoms with Crippen molar-refractivity contribution < 1.29 is 18.6 Å². The third kappa shape index (κ3) is 4.10. The zero-order chi connectivity index (χ0) is 21.4. The normalized spacial score (nSPS) is 15.9. The van der Waals surface area contributed by atoms with E-state index in [0.717, 1.165) is 5.70 Å². The number of aromatic nitrogens is 2. The summed E-state index contributed by atoms with van der Waals surface area (Å²) in [5.74, 6) is 1.45.